The van der Waals surface area contributed by atoms with E-state index in [-0.39, 0.29) is 23.6 Å². The van der Waals surface area contributed by atoms with Gasteiger partial charge in [0.15, 0.2) is 18.0 Å². The first-order valence-corrected chi connectivity index (χ1v) is 19.5. The van der Waals surface area contributed by atoms with Crippen LogP contribution in [0.4, 0.5) is 11.4 Å². The minimum atomic E-state index is -0.788. The number of hydrogen-bond donors (Lipinski definition) is 2. The first-order valence-electron chi connectivity index (χ1n) is 18.8. The van der Waals surface area contributed by atoms with Gasteiger partial charge in [-0.3, -0.25) is 19.2 Å². The second-order valence-corrected chi connectivity index (χ2v) is 14.8. The van der Waals surface area contributed by atoms with Crippen LogP contribution in [-0.4, -0.2) is 75.8 Å². The van der Waals surface area contributed by atoms with Gasteiger partial charge in [-0.15, -0.1) is 0 Å². The predicted octanol–water partition coefficient (Wildman–Crippen LogP) is 8.11. The fourth-order valence-corrected chi connectivity index (χ4v) is 7.43. The third kappa shape index (κ3) is 9.41. The van der Waals surface area contributed by atoms with E-state index in [2.05, 4.69) is 15.6 Å². The fourth-order valence-electron chi connectivity index (χ4n) is 7.07. The summed E-state index contributed by atoms with van der Waals surface area (Å²) in [5.41, 5.74) is 2.61. The monoisotopic (exact) mass is 809 g/mol. The van der Waals surface area contributed by atoms with E-state index in [1.54, 1.807) is 115 Å². The Morgan fingerprint density at radius 3 is 1.60 bits per heavy atom. The molecule has 57 heavy (non-hydrogen) atoms. The van der Waals surface area contributed by atoms with Gasteiger partial charge in [0, 0.05) is 45.6 Å². The SMILES string of the molecule is CC(Oc1cccc(Cl)c1)C(=O)N1CCC[C@H]1C(=O)Nc1ccc(-c2cnc(-c3ccc(NC(=O)[C@@H]4CCCN4C(=O)C(C)Oc4cccc(Cl)c4)cc3)o2)cc1. The molecule has 4 aromatic carbocycles. The average molecular weight is 811 g/mol. The van der Waals surface area contributed by atoms with Crippen LogP contribution in [0.15, 0.2) is 108 Å². The van der Waals surface area contributed by atoms with E-state index < -0.39 is 24.3 Å². The van der Waals surface area contributed by atoms with Crippen molar-refractivity contribution < 1.29 is 33.1 Å². The number of carbonyl (C=O) groups excluding carboxylic acids is 4. The maximum absolute atomic E-state index is 13.3. The number of aromatic nitrogens is 1. The van der Waals surface area contributed by atoms with Crippen molar-refractivity contribution in [1.29, 1.82) is 0 Å². The number of nitrogens with one attached hydrogen (secondary N) is 2. The molecular formula is C43H41Cl2N5O7. The minimum Gasteiger partial charge on any atom is -0.481 e. The molecule has 2 N–H and O–H groups in total. The van der Waals surface area contributed by atoms with Gasteiger partial charge in [0.25, 0.3) is 11.8 Å². The minimum absolute atomic E-state index is 0.264. The van der Waals surface area contributed by atoms with E-state index in [9.17, 15) is 19.2 Å². The summed E-state index contributed by atoms with van der Waals surface area (Å²) >= 11 is 12.1. The second kappa shape index (κ2) is 17.5. The van der Waals surface area contributed by atoms with Gasteiger partial charge in [-0.2, -0.15) is 0 Å². The predicted molar refractivity (Wildman–Crippen MR) is 217 cm³/mol. The van der Waals surface area contributed by atoms with Crippen LogP contribution in [-0.2, 0) is 19.2 Å². The number of rotatable bonds is 12. The molecule has 2 fully saturated rings. The zero-order valence-electron chi connectivity index (χ0n) is 31.3. The molecule has 2 saturated heterocycles. The van der Waals surface area contributed by atoms with E-state index >= 15 is 0 Å². The van der Waals surface area contributed by atoms with E-state index in [0.717, 1.165) is 5.56 Å². The lowest BCUT2D eigenvalue weighted by atomic mass is 10.1. The Labute approximate surface area is 340 Å². The van der Waals surface area contributed by atoms with Crippen LogP contribution in [0.1, 0.15) is 39.5 Å². The molecule has 3 heterocycles. The van der Waals surface area contributed by atoms with Crippen LogP contribution in [0.3, 0.4) is 0 Å². The summed E-state index contributed by atoms with van der Waals surface area (Å²) in [6.45, 7) is 4.26. The van der Waals surface area contributed by atoms with Crippen molar-refractivity contribution in [2.75, 3.05) is 23.7 Å². The topological polar surface area (TPSA) is 143 Å². The Hall–Kier alpha value is -5.85. The molecule has 294 valence electrons. The smallest absolute Gasteiger partial charge is 0.264 e. The second-order valence-electron chi connectivity index (χ2n) is 14.0. The van der Waals surface area contributed by atoms with Crippen LogP contribution in [0.25, 0.3) is 22.8 Å². The molecule has 5 aromatic rings. The lowest BCUT2D eigenvalue weighted by Crippen LogP contribution is -2.47. The number of likely N-dealkylation sites (tertiary alicyclic amines) is 2. The van der Waals surface area contributed by atoms with Crippen LogP contribution < -0.4 is 20.1 Å². The zero-order valence-corrected chi connectivity index (χ0v) is 32.8. The molecule has 14 heteroatoms. The quantitative estimate of drug-likeness (QED) is 0.129. The summed E-state index contributed by atoms with van der Waals surface area (Å²) in [5, 5.41) is 6.88. The number of hydrogen-bond acceptors (Lipinski definition) is 8. The summed E-state index contributed by atoms with van der Waals surface area (Å²) < 4.78 is 17.7. The van der Waals surface area contributed by atoms with Gasteiger partial charge in [-0.1, -0.05) is 35.3 Å². The van der Waals surface area contributed by atoms with Crippen molar-refractivity contribution in [2.24, 2.45) is 0 Å². The van der Waals surface area contributed by atoms with E-state index in [4.69, 9.17) is 37.1 Å². The van der Waals surface area contributed by atoms with E-state index in [1.807, 2.05) is 12.1 Å². The molecule has 0 radical (unpaired) electrons. The van der Waals surface area contributed by atoms with Crippen molar-refractivity contribution >= 4 is 58.2 Å². The molecule has 0 spiro atoms. The maximum atomic E-state index is 13.3. The lowest BCUT2D eigenvalue weighted by Gasteiger charge is -2.27. The van der Waals surface area contributed by atoms with Crippen molar-refractivity contribution in [3.05, 3.63) is 113 Å². The number of halogens is 2. The Morgan fingerprint density at radius 1 is 0.684 bits per heavy atom. The molecular weight excluding hydrogens is 769 g/mol. The van der Waals surface area contributed by atoms with Crippen molar-refractivity contribution in [2.45, 2.75) is 63.8 Å². The number of anilines is 2. The average Bonchev–Trinajstić information content (AvgIpc) is 4.00. The molecule has 0 aliphatic carbocycles. The molecule has 4 atom stereocenters. The van der Waals surface area contributed by atoms with Gasteiger partial charge in [0.1, 0.15) is 23.6 Å². The van der Waals surface area contributed by atoms with Crippen LogP contribution in [0.2, 0.25) is 10.0 Å². The van der Waals surface area contributed by atoms with Crippen molar-refractivity contribution in [3.8, 4) is 34.3 Å². The molecule has 1 aromatic heterocycles. The third-order valence-corrected chi connectivity index (χ3v) is 10.4. The largest absolute Gasteiger partial charge is 0.481 e. The Kier molecular flexibility index (Phi) is 12.1. The summed E-state index contributed by atoms with van der Waals surface area (Å²) in [7, 11) is 0. The Morgan fingerprint density at radius 2 is 1.14 bits per heavy atom. The lowest BCUT2D eigenvalue weighted by molar-refractivity contribution is -0.142. The molecule has 0 saturated carbocycles. The number of benzene rings is 4. The summed E-state index contributed by atoms with van der Waals surface area (Å²) in [6, 6.07) is 26.7. The van der Waals surface area contributed by atoms with Gasteiger partial charge in [-0.05, 0) is 124 Å². The first-order chi connectivity index (χ1) is 27.5. The normalized spacial score (nSPS) is 17.5. The Bertz CT molecular complexity index is 2090. The van der Waals surface area contributed by atoms with E-state index in [0.29, 0.717) is 88.9 Å². The van der Waals surface area contributed by atoms with Gasteiger partial charge in [-0.25, -0.2) is 4.98 Å². The summed E-state index contributed by atoms with van der Waals surface area (Å²) in [6.07, 6.45) is 2.57. The fraction of sp³-hybridized carbons (Fsp3) is 0.279. The Balaban J connectivity index is 0.915. The number of carbonyl (C=O) groups is 4. The summed E-state index contributed by atoms with van der Waals surface area (Å²) in [5.74, 6) is 0.813. The third-order valence-electron chi connectivity index (χ3n) is 9.93. The van der Waals surface area contributed by atoms with Gasteiger partial charge in [0.2, 0.25) is 17.7 Å². The highest BCUT2D eigenvalue weighted by molar-refractivity contribution is 6.31. The van der Waals surface area contributed by atoms with Crippen molar-refractivity contribution in [3.63, 3.8) is 0 Å². The highest BCUT2D eigenvalue weighted by Crippen LogP contribution is 2.30. The first kappa shape index (κ1) is 39.4. The highest BCUT2D eigenvalue weighted by atomic mass is 35.5. The molecule has 0 bridgehead atoms. The van der Waals surface area contributed by atoms with Crippen molar-refractivity contribution in [1.82, 2.24) is 14.8 Å². The zero-order chi connectivity index (χ0) is 40.1. The molecule has 4 amide bonds. The number of nitrogens with zero attached hydrogens (tertiary/aromatic N) is 3. The molecule has 2 aliphatic rings. The maximum Gasteiger partial charge on any atom is 0.264 e. The number of amides is 4. The van der Waals surface area contributed by atoms with Crippen LogP contribution in [0.5, 0.6) is 11.5 Å². The van der Waals surface area contributed by atoms with E-state index in [1.165, 1.54) is 0 Å². The van der Waals surface area contributed by atoms with Crippen LogP contribution in [0, 0.1) is 0 Å². The summed E-state index contributed by atoms with van der Waals surface area (Å²) in [4.78, 5) is 60.7. The number of ether oxygens (including phenoxy) is 2. The van der Waals surface area contributed by atoms with Gasteiger partial charge in [0.05, 0.1) is 6.20 Å². The molecule has 2 aliphatic heterocycles. The highest BCUT2D eigenvalue weighted by Gasteiger charge is 2.38. The molecule has 12 nitrogen and oxygen atoms in total. The standard InChI is InChI=1S/C43H41Cl2N5O7/c1-26(55-34-9-3-7-30(44)23-34)42(53)49-21-5-11-36(49)39(51)47-32-17-13-28(14-18-32)38-25-46-41(57-38)29-15-19-33(20-16-29)48-40(52)37-12-6-22-50(37)43(54)27(2)56-35-10-4-8-31(45)24-35/h3-4,7-10,13-20,23-27,36-37H,5-6,11-12,21-22H2,1-2H3,(H,47,51)(H,48,52)/t26?,27?,36-,37-/m0/s1. The molecule has 2 unspecified atom stereocenters. The van der Waals surface area contributed by atoms with Crippen LogP contribution >= 0.6 is 23.2 Å². The van der Waals surface area contributed by atoms with Gasteiger partial charge >= 0.3 is 0 Å². The number of oxazole rings is 1. The van der Waals surface area contributed by atoms with Gasteiger partial charge < -0.3 is 34.3 Å². The molecule has 7 rings (SSSR count).